The third-order valence-corrected chi connectivity index (χ3v) is 3.80. The Kier molecular flexibility index (Phi) is 5.79. The molecule has 0 saturated heterocycles. The molecule has 1 atom stereocenters. The van der Waals surface area contributed by atoms with E-state index in [1.807, 2.05) is 42.1 Å². The monoisotopic (exact) mass is 315 g/mol. The standard InChI is InChI=1S/C18H25N3O2/c1-13(2)8-9-16(22)20-17(18-19-10-11-21(18)3)14-6-5-7-15(12-14)23-4/h5-7,10-13,17H,8-9H2,1-4H3,(H,20,22). The zero-order chi connectivity index (χ0) is 16.8. The lowest BCUT2D eigenvalue weighted by molar-refractivity contribution is -0.121. The van der Waals surface area contributed by atoms with Crippen LogP contribution in [0.3, 0.4) is 0 Å². The molecule has 2 rings (SSSR count). The molecule has 0 aliphatic rings. The van der Waals surface area contributed by atoms with Crippen molar-refractivity contribution in [1.82, 2.24) is 14.9 Å². The van der Waals surface area contributed by atoms with E-state index in [1.165, 1.54) is 0 Å². The number of hydrogen-bond donors (Lipinski definition) is 1. The van der Waals surface area contributed by atoms with Gasteiger partial charge in [0.15, 0.2) is 0 Å². The summed E-state index contributed by atoms with van der Waals surface area (Å²) in [4.78, 5) is 16.7. The van der Waals surface area contributed by atoms with Crippen molar-refractivity contribution in [3.05, 3.63) is 48.0 Å². The molecule has 124 valence electrons. The van der Waals surface area contributed by atoms with Gasteiger partial charge in [-0.3, -0.25) is 4.79 Å². The van der Waals surface area contributed by atoms with Crippen LogP contribution in [0.4, 0.5) is 0 Å². The number of methoxy groups -OCH3 is 1. The number of benzene rings is 1. The average Bonchev–Trinajstić information content (AvgIpc) is 2.96. The van der Waals surface area contributed by atoms with Gasteiger partial charge in [0.05, 0.1) is 7.11 Å². The van der Waals surface area contributed by atoms with Crippen molar-refractivity contribution in [2.45, 2.75) is 32.7 Å². The molecule has 1 aromatic heterocycles. The van der Waals surface area contributed by atoms with E-state index in [0.29, 0.717) is 12.3 Å². The Morgan fingerprint density at radius 1 is 1.39 bits per heavy atom. The molecule has 23 heavy (non-hydrogen) atoms. The highest BCUT2D eigenvalue weighted by Crippen LogP contribution is 2.24. The fraction of sp³-hybridized carbons (Fsp3) is 0.444. The quantitative estimate of drug-likeness (QED) is 0.854. The van der Waals surface area contributed by atoms with Crippen molar-refractivity contribution in [3.8, 4) is 5.75 Å². The van der Waals surface area contributed by atoms with E-state index in [-0.39, 0.29) is 11.9 Å². The van der Waals surface area contributed by atoms with Crippen LogP contribution in [0.25, 0.3) is 0 Å². The predicted octanol–water partition coefficient (Wildman–Crippen LogP) is 3.07. The second kappa shape index (κ2) is 7.81. The fourth-order valence-corrected chi connectivity index (χ4v) is 2.43. The van der Waals surface area contributed by atoms with Gasteiger partial charge in [-0.05, 0) is 30.0 Å². The third-order valence-electron chi connectivity index (χ3n) is 3.80. The van der Waals surface area contributed by atoms with E-state index in [0.717, 1.165) is 23.6 Å². The van der Waals surface area contributed by atoms with E-state index in [4.69, 9.17) is 4.74 Å². The minimum absolute atomic E-state index is 0.0366. The van der Waals surface area contributed by atoms with E-state index in [9.17, 15) is 4.79 Å². The second-order valence-electron chi connectivity index (χ2n) is 6.11. The Labute approximate surface area is 137 Å². The number of aromatic nitrogens is 2. The van der Waals surface area contributed by atoms with Crippen molar-refractivity contribution in [2.24, 2.45) is 13.0 Å². The lowest BCUT2D eigenvalue weighted by atomic mass is 10.0. The third kappa shape index (κ3) is 4.58. The lowest BCUT2D eigenvalue weighted by Crippen LogP contribution is -2.31. The summed E-state index contributed by atoms with van der Waals surface area (Å²) in [6, 6.07) is 7.43. The fourth-order valence-electron chi connectivity index (χ4n) is 2.43. The lowest BCUT2D eigenvalue weighted by Gasteiger charge is -2.20. The van der Waals surface area contributed by atoms with Crippen LogP contribution in [0, 0.1) is 5.92 Å². The van der Waals surface area contributed by atoms with Gasteiger partial charge in [-0.1, -0.05) is 26.0 Å². The highest BCUT2D eigenvalue weighted by atomic mass is 16.5. The molecule has 2 aromatic rings. The molecule has 1 unspecified atom stereocenters. The summed E-state index contributed by atoms with van der Waals surface area (Å²) in [7, 11) is 3.56. The Bertz CT molecular complexity index is 649. The Morgan fingerprint density at radius 3 is 2.78 bits per heavy atom. The van der Waals surface area contributed by atoms with E-state index in [1.54, 1.807) is 13.3 Å². The molecule has 0 bridgehead atoms. The van der Waals surface area contributed by atoms with Gasteiger partial charge in [0, 0.05) is 25.9 Å². The summed E-state index contributed by atoms with van der Waals surface area (Å²) < 4.78 is 7.22. The zero-order valence-corrected chi connectivity index (χ0v) is 14.2. The summed E-state index contributed by atoms with van der Waals surface area (Å²) in [5, 5.41) is 3.11. The van der Waals surface area contributed by atoms with Crippen LogP contribution in [0.5, 0.6) is 5.75 Å². The number of rotatable bonds is 7. The van der Waals surface area contributed by atoms with Crippen molar-refractivity contribution >= 4 is 5.91 Å². The van der Waals surface area contributed by atoms with Gasteiger partial charge < -0.3 is 14.6 Å². The van der Waals surface area contributed by atoms with Crippen molar-refractivity contribution in [1.29, 1.82) is 0 Å². The minimum Gasteiger partial charge on any atom is -0.497 e. The topological polar surface area (TPSA) is 56.1 Å². The molecule has 0 saturated carbocycles. The van der Waals surface area contributed by atoms with Gasteiger partial charge >= 0.3 is 0 Å². The molecule has 5 nitrogen and oxygen atoms in total. The number of hydrogen-bond acceptors (Lipinski definition) is 3. The molecule has 0 radical (unpaired) electrons. The van der Waals surface area contributed by atoms with Crippen molar-refractivity contribution in [3.63, 3.8) is 0 Å². The molecule has 1 aromatic carbocycles. The van der Waals surface area contributed by atoms with Crippen LogP contribution in [-0.2, 0) is 11.8 Å². The summed E-state index contributed by atoms with van der Waals surface area (Å²) in [6.07, 6.45) is 5.01. The molecular weight excluding hydrogens is 290 g/mol. The molecule has 1 N–H and O–H groups in total. The van der Waals surface area contributed by atoms with Gasteiger partial charge in [0.25, 0.3) is 0 Å². The van der Waals surface area contributed by atoms with Crippen LogP contribution < -0.4 is 10.1 Å². The van der Waals surface area contributed by atoms with E-state index in [2.05, 4.69) is 24.1 Å². The molecule has 0 fully saturated rings. The Hall–Kier alpha value is -2.30. The number of amides is 1. The smallest absolute Gasteiger partial charge is 0.220 e. The van der Waals surface area contributed by atoms with Crippen LogP contribution in [0.15, 0.2) is 36.7 Å². The number of carbonyl (C=O) groups is 1. The number of nitrogens with zero attached hydrogens (tertiary/aromatic N) is 2. The molecule has 1 amide bonds. The average molecular weight is 315 g/mol. The molecule has 1 heterocycles. The van der Waals surface area contributed by atoms with Gasteiger partial charge in [-0.15, -0.1) is 0 Å². The second-order valence-corrected chi connectivity index (χ2v) is 6.11. The van der Waals surface area contributed by atoms with Crippen molar-refractivity contribution < 1.29 is 9.53 Å². The normalized spacial score (nSPS) is 12.2. The Balaban J connectivity index is 2.25. The van der Waals surface area contributed by atoms with Crippen LogP contribution in [0.1, 0.15) is 44.1 Å². The maximum atomic E-state index is 12.3. The summed E-state index contributed by atoms with van der Waals surface area (Å²) in [6.45, 7) is 4.23. The van der Waals surface area contributed by atoms with Crippen LogP contribution in [-0.4, -0.2) is 22.6 Å². The number of nitrogens with one attached hydrogen (secondary N) is 1. The molecular formula is C18H25N3O2. The highest BCUT2D eigenvalue weighted by Gasteiger charge is 2.21. The number of aryl methyl sites for hydroxylation is 1. The summed E-state index contributed by atoms with van der Waals surface area (Å²) in [5.41, 5.74) is 0.955. The van der Waals surface area contributed by atoms with Gasteiger partial charge in [-0.2, -0.15) is 0 Å². The number of ether oxygens (including phenoxy) is 1. The molecule has 5 heteroatoms. The first-order valence-corrected chi connectivity index (χ1v) is 7.91. The van der Waals surface area contributed by atoms with Gasteiger partial charge in [-0.25, -0.2) is 4.98 Å². The zero-order valence-electron chi connectivity index (χ0n) is 14.2. The molecule has 0 aliphatic heterocycles. The maximum Gasteiger partial charge on any atom is 0.220 e. The summed E-state index contributed by atoms with van der Waals surface area (Å²) in [5.74, 6) is 2.10. The number of carbonyl (C=O) groups excluding carboxylic acids is 1. The van der Waals surface area contributed by atoms with E-state index >= 15 is 0 Å². The largest absolute Gasteiger partial charge is 0.497 e. The van der Waals surface area contributed by atoms with Crippen LogP contribution in [0.2, 0.25) is 0 Å². The molecule has 0 aliphatic carbocycles. The van der Waals surface area contributed by atoms with Gasteiger partial charge in [0.2, 0.25) is 5.91 Å². The predicted molar refractivity (Wildman–Crippen MR) is 90.3 cm³/mol. The Morgan fingerprint density at radius 2 is 2.17 bits per heavy atom. The highest BCUT2D eigenvalue weighted by molar-refractivity contribution is 5.76. The summed E-state index contributed by atoms with van der Waals surface area (Å²) >= 11 is 0. The first-order valence-electron chi connectivity index (χ1n) is 7.91. The van der Waals surface area contributed by atoms with Crippen LogP contribution >= 0.6 is 0 Å². The van der Waals surface area contributed by atoms with Crippen molar-refractivity contribution in [2.75, 3.05) is 7.11 Å². The maximum absolute atomic E-state index is 12.3. The first kappa shape index (κ1) is 17.1. The van der Waals surface area contributed by atoms with E-state index < -0.39 is 0 Å². The van der Waals surface area contributed by atoms with Gasteiger partial charge in [0.1, 0.15) is 17.6 Å². The molecule has 0 spiro atoms. The number of imidazole rings is 1. The SMILES string of the molecule is COc1cccc(C(NC(=O)CCC(C)C)c2nccn2C)c1. The minimum atomic E-state index is -0.287. The first-order chi connectivity index (χ1) is 11.0.